The van der Waals surface area contributed by atoms with Gasteiger partial charge in [0.2, 0.25) is 0 Å². The number of rotatable bonds is 5. The van der Waals surface area contributed by atoms with Crippen LogP contribution in [0.3, 0.4) is 0 Å². The summed E-state index contributed by atoms with van der Waals surface area (Å²) in [5.41, 5.74) is 7.01. The van der Waals surface area contributed by atoms with Crippen molar-refractivity contribution < 1.29 is 19.4 Å². The molecule has 1 aliphatic rings. The van der Waals surface area contributed by atoms with Crippen LogP contribution in [0.25, 0.3) is 11.2 Å². The number of aliphatic hydroxyl groups excluding tert-OH is 1. The highest BCUT2D eigenvalue weighted by molar-refractivity contribution is 6.06. The smallest absolute Gasteiger partial charge is 0.256 e. The highest BCUT2D eigenvalue weighted by atomic mass is 16.6. The van der Waals surface area contributed by atoms with E-state index in [9.17, 15) is 9.90 Å². The maximum atomic E-state index is 12.4. The molecule has 0 radical (unpaired) electrons. The Morgan fingerprint density at radius 3 is 2.82 bits per heavy atom. The lowest BCUT2D eigenvalue weighted by Gasteiger charge is -2.19. The summed E-state index contributed by atoms with van der Waals surface area (Å²) in [6.45, 7) is 0.150. The number of benzene rings is 1. The number of carbonyl (C=O) groups is 1. The molecule has 1 saturated heterocycles. The Hall–Kier alpha value is -2.92. The van der Waals surface area contributed by atoms with Crippen LogP contribution in [-0.2, 0) is 9.47 Å². The second kappa shape index (κ2) is 7.60. The Labute approximate surface area is 160 Å². The fourth-order valence-corrected chi connectivity index (χ4v) is 3.29. The predicted octanol–water partition coefficient (Wildman–Crippen LogP) is 0.311. The number of amides is 1. The number of nitrogens with two attached hydrogens (primary N) is 1. The van der Waals surface area contributed by atoms with Crippen molar-refractivity contribution in [1.29, 1.82) is 0 Å². The topological polar surface area (TPSA) is 137 Å². The van der Waals surface area contributed by atoms with Gasteiger partial charge in [-0.1, -0.05) is 18.2 Å². The molecule has 4 N–H and O–H groups in total. The third kappa shape index (κ3) is 3.12. The van der Waals surface area contributed by atoms with Gasteiger partial charge >= 0.3 is 0 Å². The average molecular weight is 384 g/mol. The van der Waals surface area contributed by atoms with Crippen LogP contribution in [-0.4, -0.2) is 62.5 Å². The number of fused-ring (bicyclic) bond motifs is 1. The van der Waals surface area contributed by atoms with Gasteiger partial charge in [-0.05, 0) is 12.1 Å². The molecular weight excluding hydrogens is 364 g/mol. The van der Waals surface area contributed by atoms with Crippen LogP contribution in [0.4, 0.5) is 5.82 Å². The van der Waals surface area contributed by atoms with E-state index in [1.165, 1.54) is 19.8 Å². The molecule has 3 heterocycles. The van der Waals surface area contributed by atoms with Crippen molar-refractivity contribution in [3.63, 3.8) is 0 Å². The maximum absolute atomic E-state index is 12.4. The number of carbonyl (C=O) groups excluding carboxylic acids is 1. The minimum Gasteiger partial charge on any atom is -0.387 e. The molecule has 4 atom stereocenters. The van der Waals surface area contributed by atoms with Crippen LogP contribution in [0.5, 0.6) is 0 Å². The van der Waals surface area contributed by atoms with Gasteiger partial charge in [0.1, 0.15) is 24.6 Å². The number of methoxy groups -OCH3 is 1. The summed E-state index contributed by atoms with van der Waals surface area (Å²) in [5, 5.41) is 13.1. The summed E-state index contributed by atoms with van der Waals surface area (Å²) in [6, 6.07) is 8.80. The van der Waals surface area contributed by atoms with E-state index < -0.39 is 24.5 Å². The van der Waals surface area contributed by atoms with Crippen LogP contribution in [0.1, 0.15) is 16.6 Å². The van der Waals surface area contributed by atoms with E-state index in [2.05, 4.69) is 20.3 Å². The third-order valence-electron chi connectivity index (χ3n) is 4.72. The second-order valence-electron chi connectivity index (χ2n) is 6.36. The molecule has 1 fully saturated rings. The molecule has 28 heavy (non-hydrogen) atoms. The Morgan fingerprint density at radius 1 is 1.32 bits per heavy atom. The van der Waals surface area contributed by atoms with Gasteiger partial charge in [0.15, 0.2) is 23.2 Å². The standard InChI is InChI=1S/C18H20N6O4/c1-27-14-13(25)11(7-19)28-18(14)24-9-22-12-15(20-8-21-16(12)24)23-17(26)10-5-3-2-4-6-10/h2-6,8-9,11,13-14,18,25H,7,19H2,1H3,(H,20,21,23,26)/t11-,13-,14-,18-/m1/s1. The first-order valence-electron chi connectivity index (χ1n) is 8.74. The number of anilines is 1. The third-order valence-corrected chi connectivity index (χ3v) is 4.72. The van der Waals surface area contributed by atoms with E-state index in [-0.39, 0.29) is 18.3 Å². The van der Waals surface area contributed by atoms with Gasteiger partial charge in [0, 0.05) is 19.2 Å². The van der Waals surface area contributed by atoms with E-state index >= 15 is 0 Å². The molecule has 3 aromatic rings. The first kappa shape index (κ1) is 18.4. The van der Waals surface area contributed by atoms with E-state index in [0.29, 0.717) is 16.7 Å². The minimum absolute atomic E-state index is 0.150. The normalized spacial score (nSPS) is 24.5. The van der Waals surface area contributed by atoms with Crippen LogP contribution in [0.15, 0.2) is 43.0 Å². The molecule has 146 valence electrons. The van der Waals surface area contributed by atoms with Gasteiger partial charge < -0.3 is 25.6 Å². The van der Waals surface area contributed by atoms with Gasteiger partial charge in [-0.2, -0.15) is 0 Å². The van der Waals surface area contributed by atoms with E-state index in [4.69, 9.17) is 15.2 Å². The fraction of sp³-hybridized carbons (Fsp3) is 0.333. The number of imidazole rings is 1. The lowest BCUT2D eigenvalue weighted by Crippen LogP contribution is -2.36. The first-order chi connectivity index (χ1) is 13.6. The zero-order valence-electron chi connectivity index (χ0n) is 15.1. The summed E-state index contributed by atoms with van der Waals surface area (Å²) in [5.74, 6) is -0.0267. The van der Waals surface area contributed by atoms with Crippen molar-refractivity contribution in [3.05, 3.63) is 48.5 Å². The number of ether oxygens (including phenoxy) is 2. The molecule has 4 rings (SSSR count). The highest BCUT2D eigenvalue weighted by Crippen LogP contribution is 2.33. The van der Waals surface area contributed by atoms with Crippen molar-refractivity contribution >= 4 is 22.9 Å². The molecule has 0 spiro atoms. The maximum Gasteiger partial charge on any atom is 0.256 e. The van der Waals surface area contributed by atoms with Crippen LogP contribution >= 0.6 is 0 Å². The number of hydrogen-bond acceptors (Lipinski definition) is 8. The molecule has 10 heteroatoms. The van der Waals surface area contributed by atoms with E-state index in [1.807, 2.05) is 6.07 Å². The molecule has 1 aromatic carbocycles. The SMILES string of the molecule is CO[C@@H]1[C@H](O)[C@@H](CN)O[C@H]1n1cnc2c(NC(=O)c3ccccc3)ncnc21. The zero-order chi connectivity index (χ0) is 19.7. The predicted molar refractivity (Wildman–Crippen MR) is 99.5 cm³/mol. The van der Waals surface area contributed by atoms with Crippen LogP contribution < -0.4 is 11.1 Å². The van der Waals surface area contributed by atoms with Gasteiger partial charge in [0.05, 0.1) is 6.33 Å². The van der Waals surface area contributed by atoms with E-state index in [0.717, 1.165) is 0 Å². The highest BCUT2D eigenvalue weighted by Gasteiger charge is 2.45. The minimum atomic E-state index is -0.878. The molecule has 1 aliphatic heterocycles. The number of aromatic nitrogens is 4. The molecule has 0 aliphatic carbocycles. The zero-order valence-corrected chi connectivity index (χ0v) is 15.1. The molecule has 0 saturated carbocycles. The lowest BCUT2D eigenvalue weighted by molar-refractivity contribution is -0.0482. The van der Waals surface area contributed by atoms with Crippen molar-refractivity contribution in [1.82, 2.24) is 19.5 Å². The van der Waals surface area contributed by atoms with E-state index in [1.54, 1.807) is 28.8 Å². The summed E-state index contributed by atoms with van der Waals surface area (Å²) in [4.78, 5) is 25.2. The van der Waals surface area contributed by atoms with Gasteiger partial charge in [-0.25, -0.2) is 15.0 Å². The number of hydrogen-bond donors (Lipinski definition) is 3. The Bertz CT molecular complexity index is 979. The summed E-state index contributed by atoms with van der Waals surface area (Å²) in [7, 11) is 1.49. The van der Waals surface area contributed by atoms with Crippen molar-refractivity contribution in [2.45, 2.75) is 24.5 Å². The average Bonchev–Trinajstić information content (AvgIpc) is 3.29. The molecular formula is C18H20N6O4. The van der Waals surface area contributed by atoms with Crippen molar-refractivity contribution in [2.24, 2.45) is 5.73 Å². The lowest BCUT2D eigenvalue weighted by atomic mass is 10.1. The number of nitrogens with one attached hydrogen (secondary N) is 1. The second-order valence-corrected chi connectivity index (χ2v) is 6.36. The summed E-state index contributed by atoms with van der Waals surface area (Å²) < 4.78 is 12.9. The molecule has 10 nitrogen and oxygen atoms in total. The fourth-order valence-electron chi connectivity index (χ4n) is 3.29. The summed E-state index contributed by atoms with van der Waals surface area (Å²) >= 11 is 0. The van der Waals surface area contributed by atoms with Crippen molar-refractivity contribution in [3.8, 4) is 0 Å². The van der Waals surface area contributed by atoms with Crippen LogP contribution in [0, 0.1) is 0 Å². The quantitative estimate of drug-likeness (QED) is 0.571. The van der Waals surface area contributed by atoms with Crippen LogP contribution in [0.2, 0.25) is 0 Å². The largest absolute Gasteiger partial charge is 0.387 e. The molecule has 2 aromatic heterocycles. The van der Waals surface area contributed by atoms with Gasteiger partial charge in [0.25, 0.3) is 5.91 Å². The Kier molecular flexibility index (Phi) is 5.01. The van der Waals surface area contributed by atoms with Gasteiger partial charge in [-0.15, -0.1) is 0 Å². The Morgan fingerprint density at radius 2 is 2.11 bits per heavy atom. The Balaban J connectivity index is 1.66. The molecule has 1 amide bonds. The monoisotopic (exact) mass is 384 g/mol. The number of aliphatic hydroxyl groups is 1. The first-order valence-corrected chi connectivity index (χ1v) is 8.74. The van der Waals surface area contributed by atoms with Crippen molar-refractivity contribution in [2.75, 3.05) is 19.0 Å². The number of nitrogens with zero attached hydrogens (tertiary/aromatic N) is 4. The summed E-state index contributed by atoms with van der Waals surface area (Å²) in [6.07, 6.45) is 0.103. The molecule has 0 bridgehead atoms. The van der Waals surface area contributed by atoms with Gasteiger partial charge in [-0.3, -0.25) is 9.36 Å². The molecule has 0 unspecified atom stereocenters.